The number of nitriles is 2. The van der Waals surface area contributed by atoms with E-state index in [1.807, 2.05) is 24.3 Å². The Kier molecular flexibility index (Phi) is 5.22. The summed E-state index contributed by atoms with van der Waals surface area (Å²) in [6.07, 6.45) is 3.36. The third-order valence-corrected chi connectivity index (χ3v) is 4.82. The number of benzene rings is 2. The van der Waals surface area contributed by atoms with E-state index in [1.54, 1.807) is 53.2 Å². The van der Waals surface area contributed by atoms with Crippen molar-refractivity contribution in [3.8, 4) is 23.5 Å². The zero-order chi connectivity index (χ0) is 22.7. The summed E-state index contributed by atoms with van der Waals surface area (Å²) >= 11 is 0. The zero-order valence-electron chi connectivity index (χ0n) is 16.6. The molecule has 0 spiro atoms. The van der Waals surface area contributed by atoms with E-state index in [9.17, 15) is 20.6 Å². The molecule has 154 valence electrons. The van der Waals surface area contributed by atoms with Crippen molar-refractivity contribution in [3.05, 3.63) is 100.0 Å². The monoisotopic (exact) mass is 421 g/mol. The van der Waals surface area contributed by atoms with E-state index in [-0.39, 0.29) is 28.3 Å². The molecule has 0 saturated carbocycles. The van der Waals surface area contributed by atoms with Crippen LogP contribution in [0.15, 0.2) is 72.9 Å². The molecule has 32 heavy (non-hydrogen) atoms. The molecule has 9 heteroatoms. The summed E-state index contributed by atoms with van der Waals surface area (Å²) in [7, 11) is 0. The summed E-state index contributed by atoms with van der Waals surface area (Å²) in [5.41, 5.74) is 8.55. The molecule has 2 N–H and O–H groups in total. The van der Waals surface area contributed by atoms with Gasteiger partial charge in [0.1, 0.15) is 29.2 Å². The van der Waals surface area contributed by atoms with Crippen molar-refractivity contribution in [2.45, 2.75) is 0 Å². The van der Waals surface area contributed by atoms with E-state index >= 15 is 0 Å². The summed E-state index contributed by atoms with van der Waals surface area (Å²) in [5.74, 6) is 0.139. The van der Waals surface area contributed by atoms with Crippen LogP contribution >= 0.6 is 0 Å². The fraction of sp³-hybridized carbons (Fsp3) is 0. The number of allylic oxidation sites excluding steroid dienone is 1. The lowest BCUT2D eigenvalue weighted by atomic mass is 10.1. The first-order valence-corrected chi connectivity index (χ1v) is 9.42. The Morgan fingerprint density at radius 2 is 1.75 bits per heavy atom. The molecule has 2 aromatic heterocycles. The summed E-state index contributed by atoms with van der Waals surface area (Å²) in [6.45, 7) is 0. The Balaban J connectivity index is 1.79. The Hall–Kier alpha value is -5.15. The molecule has 9 nitrogen and oxygen atoms in total. The van der Waals surface area contributed by atoms with Crippen molar-refractivity contribution >= 4 is 23.2 Å². The molecule has 0 saturated heterocycles. The molecule has 0 radical (unpaired) electrons. The number of para-hydroxylation sites is 1. The van der Waals surface area contributed by atoms with Crippen molar-refractivity contribution < 1.29 is 4.92 Å². The van der Waals surface area contributed by atoms with E-state index in [0.717, 1.165) is 0 Å². The number of nitro benzene ring substituents is 1. The normalized spacial score (nSPS) is 11.0. The van der Waals surface area contributed by atoms with Crippen LogP contribution in [0.1, 0.15) is 17.0 Å². The summed E-state index contributed by atoms with van der Waals surface area (Å²) < 4.78 is 3.19. The lowest BCUT2D eigenvalue weighted by Crippen LogP contribution is -2.02. The predicted molar refractivity (Wildman–Crippen MR) is 119 cm³/mol. The van der Waals surface area contributed by atoms with Crippen LogP contribution in [-0.4, -0.2) is 19.3 Å². The topological polar surface area (TPSA) is 139 Å². The van der Waals surface area contributed by atoms with Crippen LogP contribution in [0.5, 0.6) is 0 Å². The summed E-state index contributed by atoms with van der Waals surface area (Å²) in [5, 5.41) is 34.8. The predicted octanol–water partition coefficient (Wildman–Crippen LogP) is 4.09. The van der Waals surface area contributed by atoms with Gasteiger partial charge in [-0.2, -0.15) is 15.6 Å². The molecule has 0 atom stereocenters. The van der Waals surface area contributed by atoms with Crippen molar-refractivity contribution in [2.24, 2.45) is 0 Å². The number of nitrogens with two attached hydrogens (primary N) is 1. The van der Waals surface area contributed by atoms with Crippen LogP contribution in [0.25, 0.3) is 23.0 Å². The third kappa shape index (κ3) is 3.58. The Morgan fingerprint density at radius 3 is 2.38 bits per heavy atom. The van der Waals surface area contributed by atoms with E-state index in [0.29, 0.717) is 17.1 Å². The van der Waals surface area contributed by atoms with Crippen LogP contribution in [0, 0.1) is 32.8 Å². The van der Waals surface area contributed by atoms with Gasteiger partial charge in [-0.15, -0.1) is 0 Å². The molecule has 4 aromatic rings. The molecular formula is C23H15N7O2. The average Bonchev–Trinajstić information content (AvgIpc) is 3.42. The Labute approximate surface area is 182 Å². The minimum Gasteiger partial charge on any atom is -0.382 e. The van der Waals surface area contributed by atoms with Crippen LogP contribution in [-0.2, 0) is 0 Å². The highest BCUT2D eigenvalue weighted by atomic mass is 16.6. The van der Waals surface area contributed by atoms with Gasteiger partial charge >= 0.3 is 0 Å². The van der Waals surface area contributed by atoms with E-state index in [2.05, 4.69) is 11.2 Å². The molecule has 0 aliphatic rings. The van der Waals surface area contributed by atoms with Crippen LogP contribution in [0.3, 0.4) is 0 Å². The van der Waals surface area contributed by atoms with Crippen LogP contribution in [0.2, 0.25) is 0 Å². The maximum Gasteiger partial charge on any atom is 0.269 e. The third-order valence-electron chi connectivity index (χ3n) is 4.82. The first kappa shape index (κ1) is 20.1. The second-order valence-corrected chi connectivity index (χ2v) is 6.71. The molecule has 0 unspecified atom stereocenters. The van der Waals surface area contributed by atoms with E-state index in [4.69, 9.17) is 5.73 Å². The summed E-state index contributed by atoms with van der Waals surface area (Å²) in [6, 6.07) is 22.8. The average molecular weight is 421 g/mol. The number of hydrogen-bond acceptors (Lipinski definition) is 6. The number of non-ortho nitro benzene ring substituents is 1. The Bertz CT molecular complexity index is 1420. The number of hydrogen-bond donors (Lipinski definition) is 1. The zero-order valence-corrected chi connectivity index (χ0v) is 16.6. The minimum atomic E-state index is -0.467. The second kappa shape index (κ2) is 8.30. The molecule has 2 heterocycles. The van der Waals surface area contributed by atoms with Gasteiger partial charge in [0.05, 0.1) is 16.2 Å². The summed E-state index contributed by atoms with van der Waals surface area (Å²) in [4.78, 5) is 10.4. The van der Waals surface area contributed by atoms with Crippen molar-refractivity contribution in [1.82, 2.24) is 14.3 Å². The number of nitrogen functional groups attached to an aromatic ring is 1. The minimum absolute atomic E-state index is 0.0173. The van der Waals surface area contributed by atoms with Gasteiger partial charge in [-0.3, -0.25) is 10.1 Å². The molecule has 2 aromatic carbocycles. The molecule has 0 fully saturated rings. The standard InChI is InChI=1S/C23H15N7O2/c24-14-16(22-21(15-25)23(26)29(27-22)18-5-2-1-3-6-18)13-20-7-4-12-28(20)17-8-10-19(11-9-17)30(31)32/h1-13H,26H2/b16-13+. The number of nitro groups is 1. The maximum atomic E-state index is 10.9. The molecule has 0 bridgehead atoms. The van der Waals surface area contributed by atoms with Crippen LogP contribution < -0.4 is 5.73 Å². The molecule has 0 aliphatic heterocycles. The molecular weight excluding hydrogens is 406 g/mol. The SMILES string of the molecule is N#C/C(=C\c1cccn1-c1ccc([N+](=O)[O-])cc1)c1nn(-c2ccccc2)c(N)c1C#N. The first-order chi connectivity index (χ1) is 15.5. The van der Waals surface area contributed by atoms with Crippen molar-refractivity contribution in [3.63, 3.8) is 0 Å². The van der Waals surface area contributed by atoms with Crippen molar-refractivity contribution in [1.29, 1.82) is 10.5 Å². The number of aromatic nitrogens is 3. The highest BCUT2D eigenvalue weighted by Gasteiger charge is 2.20. The second-order valence-electron chi connectivity index (χ2n) is 6.71. The lowest BCUT2D eigenvalue weighted by Gasteiger charge is -2.07. The maximum absolute atomic E-state index is 10.9. The molecule has 0 aliphatic carbocycles. The van der Waals surface area contributed by atoms with Gasteiger partial charge in [0.15, 0.2) is 0 Å². The molecule has 0 amide bonds. The van der Waals surface area contributed by atoms with Crippen LogP contribution in [0.4, 0.5) is 11.5 Å². The lowest BCUT2D eigenvalue weighted by molar-refractivity contribution is -0.384. The molecule has 4 rings (SSSR count). The van der Waals surface area contributed by atoms with Gasteiger partial charge in [-0.25, -0.2) is 4.68 Å². The van der Waals surface area contributed by atoms with Crippen molar-refractivity contribution in [2.75, 3.05) is 5.73 Å². The van der Waals surface area contributed by atoms with E-state index < -0.39 is 4.92 Å². The van der Waals surface area contributed by atoms with Gasteiger partial charge in [0.2, 0.25) is 0 Å². The quantitative estimate of drug-likeness (QED) is 0.292. The van der Waals surface area contributed by atoms with Gasteiger partial charge in [-0.1, -0.05) is 18.2 Å². The van der Waals surface area contributed by atoms with Gasteiger partial charge < -0.3 is 10.3 Å². The largest absolute Gasteiger partial charge is 0.382 e. The number of nitrogens with zero attached hydrogens (tertiary/aromatic N) is 6. The fourth-order valence-electron chi connectivity index (χ4n) is 3.28. The first-order valence-electron chi connectivity index (χ1n) is 9.42. The highest BCUT2D eigenvalue weighted by Crippen LogP contribution is 2.28. The van der Waals surface area contributed by atoms with Gasteiger partial charge in [0, 0.05) is 29.7 Å². The van der Waals surface area contributed by atoms with Gasteiger partial charge in [0.25, 0.3) is 5.69 Å². The highest BCUT2D eigenvalue weighted by molar-refractivity contribution is 5.91. The number of anilines is 1. The van der Waals surface area contributed by atoms with Gasteiger partial charge in [-0.05, 0) is 42.5 Å². The smallest absolute Gasteiger partial charge is 0.269 e. The number of rotatable bonds is 5. The van der Waals surface area contributed by atoms with E-state index in [1.165, 1.54) is 16.8 Å². The fourth-order valence-corrected chi connectivity index (χ4v) is 3.28. The Morgan fingerprint density at radius 1 is 1.03 bits per heavy atom.